The summed E-state index contributed by atoms with van der Waals surface area (Å²) in [5.74, 6) is 0.138. The number of carbonyl (C=O) groups excluding carboxylic acids is 2. The number of nitrogens with zero attached hydrogens (tertiary/aromatic N) is 1. The Balaban J connectivity index is 2.90. The summed E-state index contributed by atoms with van der Waals surface area (Å²) in [4.78, 5) is 25.1. The van der Waals surface area contributed by atoms with Crippen LogP contribution in [-0.2, 0) is 4.79 Å². The molecule has 1 rings (SSSR count). The van der Waals surface area contributed by atoms with Crippen molar-refractivity contribution in [3.8, 4) is 0 Å². The highest BCUT2D eigenvalue weighted by Crippen LogP contribution is 2.27. The summed E-state index contributed by atoms with van der Waals surface area (Å²) < 4.78 is 0. The molecule has 1 saturated heterocycles. The van der Waals surface area contributed by atoms with Crippen molar-refractivity contribution in [2.75, 3.05) is 13.1 Å². The van der Waals surface area contributed by atoms with Gasteiger partial charge < -0.3 is 10.2 Å². The van der Waals surface area contributed by atoms with Crippen molar-refractivity contribution in [2.24, 2.45) is 5.41 Å². The Hall–Kier alpha value is -1.06. The molecule has 1 unspecified atom stereocenters. The summed E-state index contributed by atoms with van der Waals surface area (Å²) in [7, 11) is 0. The van der Waals surface area contributed by atoms with Gasteiger partial charge in [-0.1, -0.05) is 27.7 Å². The number of amides is 2. The quantitative estimate of drug-likeness (QED) is 0.769. The summed E-state index contributed by atoms with van der Waals surface area (Å²) in [6, 6.07) is -0.415. The molecule has 0 spiro atoms. The van der Waals surface area contributed by atoms with E-state index in [1.807, 2.05) is 27.7 Å². The lowest BCUT2D eigenvalue weighted by atomic mass is 9.82. The first-order valence-electron chi connectivity index (χ1n) is 5.45. The van der Waals surface area contributed by atoms with E-state index in [1.54, 1.807) is 4.90 Å². The number of carbonyl (C=O) groups is 2. The third-order valence-corrected chi connectivity index (χ3v) is 2.68. The molecule has 0 aromatic rings. The van der Waals surface area contributed by atoms with Crippen molar-refractivity contribution in [1.82, 2.24) is 10.2 Å². The van der Waals surface area contributed by atoms with Gasteiger partial charge in [0.2, 0.25) is 0 Å². The molecule has 86 valence electrons. The first kappa shape index (κ1) is 12.0. The molecule has 0 radical (unpaired) electrons. The van der Waals surface area contributed by atoms with Crippen molar-refractivity contribution in [3.63, 3.8) is 0 Å². The van der Waals surface area contributed by atoms with Gasteiger partial charge in [0.25, 0.3) is 0 Å². The zero-order chi connectivity index (χ0) is 11.6. The molecule has 15 heavy (non-hydrogen) atoms. The molecule has 0 aliphatic carbocycles. The van der Waals surface area contributed by atoms with Crippen LogP contribution in [0.4, 0.5) is 4.79 Å². The van der Waals surface area contributed by atoms with Crippen LogP contribution in [0.25, 0.3) is 0 Å². The van der Waals surface area contributed by atoms with Gasteiger partial charge in [0.15, 0.2) is 5.78 Å². The average Bonchev–Trinajstić information content (AvgIpc) is 2.50. The lowest BCUT2D eigenvalue weighted by Gasteiger charge is -2.35. The molecule has 4 nitrogen and oxygen atoms in total. The second-order valence-electron chi connectivity index (χ2n) is 5.01. The Bertz CT molecular complexity index is 268. The highest BCUT2D eigenvalue weighted by Gasteiger charge is 2.39. The molecule has 1 aliphatic heterocycles. The van der Waals surface area contributed by atoms with Crippen molar-refractivity contribution < 1.29 is 9.59 Å². The SMILES string of the molecule is CCC(=O)C(N1CCNC1=O)C(C)(C)C. The van der Waals surface area contributed by atoms with E-state index >= 15 is 0 Å². The Morgan fingerprint density at radius 1 is 1.53 bits per heavy atom. The first-order valence-corrected chi connectivity index (χ1v) is 5.45. The molecular formula is C11H20N2O2. The second kappa shape index (κ2) is 4.21. The number of urea groups is 1. The highest BCUT2D eigenvalue weighted by atomic mass is 16.2. The monoisotopic (exact) mass is 212 g/mol. The molecule has 1 fully saturated rings. The van der Waals surface area contributed by atoms with Gasteiger partial charge in [-0.3, -0.25) is 4.79 Å². The van der Waals surface area contributed by atoms with Crippen molar-refractivity contribution in [2.45, 2.75) is 40.2 Å². The van der Waals surface area contributed by atoms with Gasteiger partial charge in [-0.05, 0) is 5.41 Å². The number of ketones is 1. The summed E-state index contributed by atoms with van der Waals surface area (Å²) in [5, 5.41) is 2.74. The van der Waals surface area contributed by atoms with Gasteiger partial charge in [0, 0.05) is 19.5 Å². The molecule has 0 saturated carbocycles. The minimum atomic E-state index is -0.301. The van der Waals surface area contributed by atoms with Crippen LogP contribution in [0, 0.1) is 5.41 Å². The normalized spacial score (nSPS) is 18.9. The lowest BCUT2D eigenvalue weighted by molar-refractivity contribution is -0.126. The zero-order valence-electron chi connectivity index (χ0n) is 9.96. The standard InChI is InChI=1S/C11H20N2O2/c1-5-8(14)9(11(2,3)4)13-7-6-12-10(13)15/h9H,5-7H2,1-4H3,(H,12,15). The molecule has 1 atom stereocenters. The highest BCUT2D eigenvalue weighted by molar-refractivity contribution is 5.89. The minimum Gasteiger partial charge on any atom is -0.336 e. The fourth-order valence-corrected chi connectivity index (χ4v) is 2.05. The molecule has 0 aromatic heterocycles. The fraction of sp³-hybridized carbons (Fsp3) is 0.818. The van der Waals surface area contributed by atoms with Gasteiger partial charge in [-0.25, -0.2) is 4.79 Å². The van der Waals surface area contributed by atoms with E-state index in [2.05, 4.69) is 5.32 Å². The number of hydrogen-bond donors (Lipinski definition) is 1. The third kappa shape index (κ3) is 2.49. The van der Waals surface area contributed by atoms with E-state index in [1.165, 1.54) is 0 Å². The van der Waals surface area contributed by atoms with E-state index in [4.69, 9.17) is 0 Å². The van der Waals surface area contributed by atoms with Crippen molar-refractivity contribution in [1.29, 1.82) is 0 Å². The summed E-state index contributed by atoms with van der Waals surface area (Å²) in [5.41, 5.74) is -0.200. The molecule has 0 aromatic carbocycles. The van der Waals surface area contributed by atoms with Gasteiger partial charge in [0.05, 0.1) is 6.04 Å². The van der Waals surface area contributed by atoms with Crippen LogP contribution in [0.3, 0.4) is 0 Å². The van der Waals surface area contributed by atoms with E-state index in [0.29, 0.717) is 19.5 Å². The number of rotatable bonds is 3. The van der Waals surface area contributed by atoms with Crippen LogP contribution < -0.4 is 5.32 Å². The predicted octanol–water partition coefficient (Wildman–Crippen LogP) is 1.41. The Morgan fingerprint density at radius 2 is 2.13 bits per heavy atom. The Kier molecular flexibility index (Phi) is 3.37. The van der Waals surface area contributed by atoms with E-state index in [9.17, 15) is 9.59 Å². The van der Waals surface area contributed by atoms with Crippen LogP contribution in [0.15, 0.2) is 0 Å². The molecule has 2 amide bonds. The third-order valence-electron chi connectivity index (χ3n) is 2.68. The molecule has 1 heterocycles. The second-order valence-corrected chi connectivity index (χ2v) is 5.01. The molecule has 4 heteroatoms. The average molecular weight is 212 g/mol. The summed E-state index contributed by atoms with van der Waals surface area (Å²) in [6.45, 7) is 9.11. The van der Waals surface area contributed by atoms with E-state index in [0.717, 1.165) is 0 Å². The maximum absolute atomic E-state index is 11.9. The minimum absolute atomic E-state index is 0.114. The van der Waals surface area contributed by atoms with E-state index in [-0.39, 0.29) is 23.3 Å². The number of hydrogen-bond acceptors (Lipinski definition) is 2. The van der Waals surface area contributed by atoms with Crippen LogP contribution in [0.1, 0.15) is 34.1 Å². The van der Waals surface area contributed by atoms with Crippen molar-refractivity contribution >= 4 is 11.8 Å². The van der Waals surface area contributed by atoms with Crippen molar-refractivity contribution in [3.05, 3.63) is 0 Å². The predicted molar refractivity (Wildman–Crippen MR) is 58.6 cm³/mol. The van der Waals surface area contributed by atoms with Crippen LogP contribution in [0.2, 0.25) is 0 Å². The molecule has 1 aliphatic rings. The molecular weight excluding hydrogens is 192 g/mol. The van der Waals surface area contributed by atoms with Gasteiger partial charge in [0.1, 0.15) is 0 Å². The smallest absolute Gasteiger partial charge is 0.318 e. The Labute approximate surface area is 91.0 Å². The van der Waals surface area contributed by atoms with E-state index < -0.39 is 0 Å². The maximum Gasteiger partial charge on any atom is 0.318 e. The topological polar surface area (TPSA) is 49.4 Å². The Morgan fingerprint density at radius 3 is 2.47 bits per heavy atom. The van der Waals surface area contributed by atoms with Crippen LogP contribution in [-0.4, -0.2) is 35.8 Å². The maximum atomic E-state index is 11.9. The molecule has 1 N–H and O–H groups in total. The number of nitrogens with one attached hydrogen (secondary N) is 1. The summed E-state index contributed by atoms with van der Waals surface area (Å²) >= 11 is 0. The first-order chi connectivity index (χ1) is 6.88. The molecule has 0 bridgehead atoms. The zero-order valence-corrected chi connectivity index (χ0v) is 9.96. The number of Topliss-reactive ketones (excluding diaryl/α,β-unsaturated/α-hetero) is 1. The van der Waals surface area contributed by atoms with Gasteiger partial charge >= 0.3 is 6.03 Å². The van der Waals surface area contributed by atoms with Gasteiger partial charge in [-0.15, -0.1) is 0 Å². The van der Waals surface area contributed by atoms with Gasteiger partial charge in [-0.2, -0.15) is 0 Å². The fourth-order valence-electron chi connectivity index (χ4n) is 2.05. The van der Waals surface area contributed by atoms with Crippen LogP contribution >= 0.6 is 0 Å². The van der Waals surface area contributed by atoms with Crippen LogP contribution in [0.5, 0.6) is 0 Å². The summed E-state index contributed by atoms with van der Waals surface area (Å²) in [6.07, 6.45) is 0.478. The largest absolute Gasteiger partial charge is 0.336 e. The lowest BCUT2D eigenvalue weighted by Crippen LogP contribution is -2.50.